The number of nitrogens with zero attached hydrogens (tertiary/aromatic N) is 2. The molecule has 20 heavy (non-hydrogen) atoms. The minimum absolute atomic E-state index is 0.142. The van der Waals surface area contributed by atoms with Gasteiger partial charge in [-0.25, -0.2) is 4.39 Å². The van der Waals surface area contributed by atoms with Gasteiger partial charge in [0.25, 0.3) is 0 Å². The molecule has 4 heteroatoms. The summed E-state index contributed by atoms with van der Waals surface area (Å²) in [6, 6.07) is 7.13. The molecule has 0 spiro atoms. The first-order valence-electron chi connectivity index (χ1n) is 7.27. The topological polar surface area (TPSA) is 39.1 Å². The van der Waals surface area contributed by atoms with E-state index in [1.807, 2.05) is 12.1 Å². The monoisotopic (exact) mass is 275 g/mol. The summed E-state index contributed by atoms with van der Waals surface area (Å²) in [6.07, 6.45) is 2.26. The molecular weight excluding hydrogens is 253 g/mol. The van der Waals surface area contributed by atoms with Gasteiger partial charge in [0.15, 0.2) is 0 Å². The van der Waals surface area contributed by atoms with E-state index >= 15 is 0 Å². The van der Waals surface area contributed by atoms with Crippen LogP contribution in [0.25, 0.3) is 0 Å². The maximum absolute atomic E-state index is 13.5. The second-order valence-corrected chi connectivity index (χ2v) is 5.53. The second kappa shape index (κ2) is 6.83. The minimum Gasteiger partial charge on any atom is -0.316 e. The number of hydrogen-bond acceptors (Lipinski definition) is 3. The molecule has 0 aromatic heterocycles. The maximum atomic E-state index is 13.5. The van der Waals surface area contributed by atoms with Crippen LogP contribution >= 0.6 is 0 Å². The largest absolute Gasteiger partial charge is 0.316 e. The number of likely N-dealkylation sites (tertiary alicyclic amines) is 1. The molecule has 3 nitrogen and oxygen atoms in total. The Morgan fingerprint density at radius 3 is 3.00 bits per heavy atom. The van der Waals surface area contributed by atoms with Crippen molar-refractivity contribution in [3.63, 3.8) is 0 Å². The van der Waals surface area contributed by atoms with E-state index in [1.165, 1.54) is 6.07 Å². The summed E-state index contributed by atoms with van der Waals surface area (Å²) >= 11 is 0. The first kappa shape index (κ1) is 15.0. The Balaban J connectivity index is 2.17. The highest BCUT2D eigenvalue weighted by molar-refractivity contribution is 5.36. The van der Waals surface area contributed by atoms with Crippen molar-refractivity contribution in [2.45, 2.75) is 25.8 Å². The molecule has 1 heterocycles. The Hall–Kier alpha value is -1.44. The Morgan fingerprint density at radius 1 is 1.50 bits per heavy atom. The quantitative estimate of drug-likeness (QED) is 0.840. The van der Waals surface area contributed by atoms with E-state index in [0.29, 0.717) is 5.92 Å². The molecule has 1 saturated heterocycles. The Kier molecular flexibility index (Phi) is 5.11. The molecule has 2 rings (SSSR count). The SMILES string of the molecule is CCCNCC1CCN(C)C1c1ccc(F)c(C#N)c1. The van der Waals surface area contributed by atoms with Gasteiger partial charge in [-0.15, -0.1) is 0 Å². The zero-order valence-electron chi connectivity index (χ0n) is 12.2. The van der Waals surface area contributed by atoms with Crippen molar-refractivity contribution in [1.29, 1.82) is 5.26 Å². The Labute approximate surface area is 120 Å². The van der Waals surface area contributed by atoms with Crippen molar-refractivity contribution in [2.75, 3.05) is 26.7 Å². The summed E-state index contributed by atoms with van der Waals surface area (Å²) < 4.78 is 13.5. The van der Waals surface area contributed by atoms with E-state index in [0.717, 1.165) is 38.0 Å². The lowest BCUT2D eigenvalue weighted by Crippen LogP contribution is -2.29. The molecule has 0 amide bonds. The molecular formula is C16H22FN3. The summed E-state index contributed by atoms with van der Waals surface area (Å²) in [6.45, 7) is 5.20. The van der Waals surface area contributed by atoms with Crippen LogP contribution < -0.4 is 5.32 Å². The highest BCUT2D eigenvalue weighted by Gasteiger charge is 2.32. The van der Waals surface area contributed by atoms with Crippen molar-refractivity contribution in [1.82, 2.24) is 10.2 Å². The smallest absolute Gasteiger partial charge is 0.140 e. The molecule has 2 atom stereocenters. The van der Waals surface area contributed by atoms with E-state index in [-0.39, 0.29) is 11.6 Å². The highest BCUT2D eigenvalue weighted by atomic mass is 19.1. The number of nitriles is 1. The van der Waals surface area contributed by atoms with Crippen LogP contribution in [-0.2, 0) is 0 Å². The van der Waals surface area contributed by atoms with Gasteiger partial charge in [-0.1, -0.05) is 13.0 Å². The van der Waals surface area contributed by atoms with Crippen LogP contribution in [0.15, 0.2) is 18.2 Å². The summed E-state index contributed by atoms with van der Waals surface area (Å²) in [5.74, 6) is 0.0844. The average molecular weight is 275 g/mol. The number of nitrogens with one attached hydrogen (secondary N) is 1. The molecule has 1 aliphatic rings. The second-order valence-electron chi connectivity index (χ2n) is 5.53. The van der Waals surface area contributed by atoms with Crippen LogP contribution in [0, 0.1) is 23.1 Å². The predicted octanol–water partition coefficient (Wildman–Crippen LogP) is 2.69. The molecule has 0 bridgehead atoms. The molecule has 0 saturated carbocycles. The molecule has 1 aromatic carbocycles. The molecule has 1 N–H and O–H groups in total. The summed E-state index contributed by atoms with van der Waals surface area (Å²) in [5, 5.41) is 12.4. The van der Waals surface area contributed by atoms with Crippen LogP contribution in [-0.4, -0.2) is 31.6 Å². The third-order valence-electron chi connectivity index (χ3n) is 4.06. The van der Waals surface area contributed by atoms with Gasteiger partial charge in [-0.05, 0) is 63.1 Å². The van der Waals surface area contributed by atoms with Crippen LogP contribution in [0.4, 0.5) is 4.39 Å². The molecule has 0 aliphatic carbocycles. The lowest BCUT2D eigenvalue weighted by atomic mass is 9.92. The normalized spacial score (nSPS) is 22.9. The summed E-state index contributed by atoms with van der Waals surface area (Å²) in [5.41, 5.74) is 1.19. The minimum atomic E-state index is -0.433. The number of benzene rings is 1. The fraction of sp³-hybridized carbons (Fsp3) is 0.562. The van der Waals surface area contributed by atoms with E-state index in [9.17, 15) is 4.39 Å². The van der Waals surface area contributed by atoms with Gasteiger partial charge >= 0.3 is 0 Å². The molecule has 1 aliphatic heterocycles. The number of halogens is 1. The van der Waals surface area contributed by atoms with Crippen LogP contribution in [0.2, 0.25) is 0 Å². The van der Waals surface area contributed by atoms with Crippen molar-refractivity contribution in [2.24, 2.45) is 5.92 Å². The molecule has 1 fully saturated rings. The van der Waals surface area contributed by atoms with Gasteiger partial charge in [0, 0.05) is 6.04 Å². The first-order chi connectivity index (χ1) is 9.67. The number of rotatable bonds is 5. The van der Waals surface area contributed by atoms with E-state index in [4.69, 9.17) is 5.26 Å². The average Bonchev–Trinajstić information content (AvgIpc) is 2.81. The van der Waals surface area contributed by atoms with Gasteiger partial charge in [-0.2, -0.15) is 5.26 Å². The van der Waals surface area contributed by atoms with Crippen molar-refractivity contribution in [3.05, 3.63) is 35.1 Å². The van der Waals surface area contributed by atoms with E-state index in [1.54, 1.807) is 6.07 Å². The molecule has 0 radical (unpaired) electrons. The standard InChI is InChI=1S/C16H22FN3/c1-3-7-19-11-13-6-8-20(2)16(13)12-4-5-15(17)14(9-12)10-18/h4-5,9,13,16,19H,3,6-8,11H2,1-2H3. The highest BCUT2D eigenvalue weighted by Crippen LogP contribution is 2.36. The van der Waals surface area contributed by atoms with Crippen LogP contribution in [0.1, 0.15) is 36.9 Å². The Morgan fingerprint density at radius 2 is 2.30 bits per heavy atom. The fourth-order valence-corrected chi connectivity index (χ4v) is 3.04. The predicted molar refractivity (Wildman–Crippen MR) is 77.8 cm³/mol. The zero-order valence-corrected chi connectivity index (χ0v) is 12.2. The van der Waals surface area contributed by atoms with Crippen molar-refractivity contribution >= 4 is 0 Å². The third-order valence-corrected chi connectivity index (χ3v) is 4.06. The van der Waals surface area contributed by atoms with Gasteiger partial charge in [0.2, 0.25) is 0 Å². The summed E-state index contributed by atoms with van der Waals surface area (Å²) in [4.78, 5) is 2.30. The first-order valence-corrected chi connectivity index (χ1v) is 7.27. The van der Waals surface area contributed by atoms with Gasteiger partial charge in [0.05, 0.1) is 5.56 Å². The van der Waals surface area contributed by atoms with Crippen LogP contribution in [0.5, 0.6) is 0 Å². The van der Waals surface area contributed by atoms with Crippen molar-refractivity contribution < 1.29 is 4.39 Å². The fourth-order valence-electron chi connectivity index (χ4n) is 3.04. The van der Waals surface area contributed by atoms with E-state index < -0.39 is 5.82 Å². The van der Waals surface area contributed by atoms with E-state index in [2.05, 4.69) is 24.2 Å². The lowest BCUT2D eigenvalue weighted by molar-refractivity contribution is 0.272. The molecule has 1 aromatic rings. The zero-order chi connectivity index (χ0) is 14.5. The Bertz CT molecular complexity index is 495. The third kappa shape index (κ3) is 3.17. The maximum Gasteiger partial charge on any atom is 0.140 e. The molecule has 2 unspecified atom stereocenters. The lowest BCUT2D eigenvalue weighted by Gasteiger charge is -2.26. The number of hydrogen-bond donors (Lipinski definition) is 1. The van der Waals surface area contributed by atoms with Gasteiger partial charge < -0.3 is 5.32 Å². The molecule has 108 valence electrons. The van der Waals surface area contributed by atoms with Gasteiger partial charge in [-0.3, -0.25) is 4.90 Å². The van der Waals surface area contributed by atoms with Crippen LogP contribution in [0.3, 0.4) is 0 Å². The van der Waals surface area contributed by atoms with Gasteiger partial charge in [0.1, 0.15) is 11.9 Å². The summed E-state index contributed by atoms with van der Waals surface area (Å²) in [7, 11) is 2.10. The van der Waals surface area contributed by atoms with Crippen molar-refractivity contribution in [3.8, 4) is 6.07 Å².